The average molecular weight is 615 g/mol. The number of aromatic nitrogens is 4. The first-order valence-electron chi connectivity index (χ1n) is 16.0. The molecule has 5 heteroatoms. The van der Waals surface area contributed by atoms with Gasteiger partial charge in [0.15, 0.2) is 23.1 Å². The SMILES string of the molecule is c1ccc(-c2nc(-c3ccccc3)nc(-c3ccc4oc5c(-n6c7ccccc7c7cc8ccccc8cc76)cccc5c4c3)n2)cc1. The first-order chi connectivity index (χ1) is 23.8. The van der Waals surface area contributed by atoms with Crippen molar-refractivity contribution >= 4 is 54.5 Å². The summed E-state index contributed by atoms with van der Waals surface area (Å²) in [6.07, 6.45) is 0. The largest absolute Gasteiger partial charge is 0.454 e. The van der Waals surface area contributed by atoms with Crippen molar-refractivity contribution in [1.82, 2.24) is 19.5 Å². The first kappa shape index (κ1) is 26.6. The molecule has 0 N–H and O–H groups in total. The van der Waals surface area contributed by atoms with E-state index in [-0.39, 0.29) is 0 Å². The number of hydrogen-bond donors (Lipinski definition) is 0. The van der Waals surface area contributed by atoms with Crippen LogP contribution in [0.25, 0.3) is 94.4 Å². The Balaban J connectivity index is 1.19. The Morgan fingerprint density at radius 2 is 1.00 bits per heavy atom. The highest BCUT2D eigenvalue weighted by Gasteiger charge is 2.19. The van der Waals surface area contributed by atoms with Crippen LogP contribution in [0.1, 0.15) is 0 Å². The van der Waals surface area contributed by atoms with Gasteiger partial charge in [-0.3, -0.25) is 0 Å². The number of para-hydroxylation sites is 2. The quantitative estimate of drug-likeness (QED) is 0.198. The van der Waals surface area contributed by atoms with Crippen LogP contribution in [0.2, 0.25) is 0 Å². The highest BCUT2D eigenvalue weighted by atomic mass is 16.3. The molecule has 0 unspecified atom stereocenters. The summed E-state index contributed by atoms with van der Waals surface area (Å²) < 4.78 is 9.04. The number of nitrogens with zero attached hydrogens (tertiary/aromatic N) is 4. The van der Waals surface area contributed by atoms with Crippen LogP contribution in [0, 0.1) is 0 Å². The van der Waals surface area contributed by atoms with Gasteiger partial charge in [-0.05, 0) is 53.2 Å². The molecule has 10 aromatic rings. The van der Waals surface area contributed by atoms with Crippen LogP contribution >= 0.6 is 0 Å². The van der Waals surface area contributed by atoms with E-state index in [2.05, 4.69) is 89.5 Å². The lowest BCUT2D eigenvalue weighted by atomic mass is 10.1. The fraction of sp³-hybridized carbons (Fsp3) is 0. The highest BCUT2D eigenvalue weighted by molar-refractivity contribution is 6.15. The molecule has 3 aromatic heterocycles. The van der Waals surface area contributed by atoms with Gasteiger partial charge in [0.1, 0.15) is 5.58 Å². The zero-order chi connectivity index (χ0) is 31.6. The molecule has 0 atom stereocenters. The van der Waals surface area contributed by atoms with Gasteiger partial charge in [0.05, 0.1) is 16.7 Å². The number of fused-ring (bicyclic) bond motifs is 7. The Hall–Kier alpha value is -6.59. The molecule has 0 amide bonds. The van der Waals surface area contributed by atoms with E-state index in [0.717, 1.165) is 55.3 Å². The van der Waals surface area contributed by atoms with Crippen molar-refractivity contribution < 1.29 is 4.42 Å². The summed E-state index contributed by atoms with van der Waals surface area (Å²) in [5, 5.41) is 6.92. The molecule has 5 nitrogen and oxygen atoms in total. The lowest BCUT2D eigenvalue weighted by Gasteiger charge is -2.09. The molecule has 0 saturated heterocycles. The zero-order valence-electron chi connectivity index (χ0n) is 25.7. The first-order valence-corrected chi connectivity index (χ1v) is 16.0. The monoisotopic (exact) mass is 614 g/mol. The molecule has 0 aliphatic carbocycles. The van der Waals surface area contributed by atoms with Crippen LogP contribution in [0.15, 0.2) is 162 Å². The van der Waals surface area contributed by atoms with Gasteiger partial charge in [0.2, 0.25) is 0 Å². The maximum Gasteiger partial charge on any atom is 0.164 e. The maximum atomic E-state index is 6.70. The van der Waals surface area contributed by atoms with E-state index < -0.39 is 0 Å². The third-order valence-corrected chi connectivity index (χ3v) is 9.21. The Bertz CT molecular complexity index is 2780. The summed E-state index contributed by atoms with van der Waals surface area (Å²) in [5.41, 5.74) is 7.73. The molecule has 0 fully saturated rings. The molecule has 10 rings (SSSR count). The van der Waals surface area contributed by atoms with Crippen LogP contribution < -0.4 is 0 Å². The van der Waals surface area contributed by atoms with Crippen LogP contribution in [0.3, 0.4) is 0 Å². The number of hydrogen-bond acceptors (Lipinski definition) is 4. The average Bonchev–Trinajstić information content (AvgIpc) is 3.69. The van der Waals surface area contributed by atoms with E-state index >= 15 is 0 Å². The summed E-state index contributed by atoms with van der Waals surface area (Å²) in [4.78, 5) is 14.8. The summed E-state index contributed by atoms with van der Waals surface area (Å²) >= 11 is 0. The van der Waals surface area contributed by atoms with Crippen molar-refractivity contribution in [2.75, 3.05) is 0 Å². The molecule has 224 valence electrons. The summed E-state index contributed by atoms with van der Waals surface area (Å²) in [5.74, 6) is 1.89. The van der Waals surface area contributed by atoms with E-state index in [4.69, 9.17) is 19.4 Å². The minimum Gasteiger partial charge on any atom is -0.454 e. The minimum atomic E-state index is 0.615. The van der Waals surface area contributed by atoms with Crippen LogP contribution in [-0.2, 0) is 0 Å². The van der Waals surface area contributed by atoms with E-state index in [1.54, 1.807) is 0 Å². The molecular weight excluding hydrogens is 589 g/mol. The van der Waals surface area contributed by atoms with Crippen LogP contribution in [0.5, 0.6) is 0 Å². The molecule has 48 heavy (non-hydrogen) atoms. The molecule has 7 aromatic carbocycles. The van der Waals surface area contributed by atoms with Crippen LogP contribution in [-0.4, -0.2) is 19.5 Å². The van der Waals surface area contributed by atoms with Crippen molar-refractivity contribution in [2.45, 2.75) is 0 Å². The van der Waals surface area contributed by atoms with E-state index in [1.165, 1.54) is 21.5 Å². The molecule has 0 spiro atoms. The van der Waals surface area contributed by atoms with Crippen molar-refractivity contribution in [1.29, 1.82) is 0 Å². The van der Waals surface area contributed by atoms with E-state index in [1.807, 2.05) is 72.8 Å². The fourth-order valence-electron chi connectivity index (χ4n) is 6.95. The number of benzene rings is 7. The molecular formula is C43H26N4O. The van der Waals surface area contributed by atoms with Crippen molar-refractivity contribution in [2.24, 2.45) is 0 Å². The molecule has 0 aliphatic heterocycles. The summed E-state index contributed by atoms with van der Waals surface area (Å²) in [6, 6.07) is 54.5. The summed E-state index contributed by atoms with van der Waals surface area (Å²) in [6.45, 7) is 0. The minimum absolute atomic E-state index is 0.615. The van der Waals surface area contributed by atoms with Gasteiger partial charge in [-0.1, -0.05) is 115 Å². The normalized spacial score (nSPS) is 11.8. The smallest absolute Gasteiger partial charge is 0.164 e. The molecule has 0 saturated carbocycles. The molecule has 0 radical (unpaired) electrons. The Kier molecular flexibility index (Phi) is 5.81. The molecule has 0 aliphatic rings. The van der Waals surface area contributed by atoms with Crippen molar-refractivity contribution in [3.63, 3.8) is 0 Å². The maximum absolute atomic E-state index is 6.70. The third kappa shape index (κ3) is 4.15. The Morgan fingerprint density at radius 1 is 0.396 bits per heavy atom. The molecule has 0 bridgehead atoms. The molecule has 3 heterocycles. The topological polar surface area (TPSA) is 56.7 Å². The fourth-order valence-corrected chi connectivity index (χ4v) is 6.95. The zero-order valence-corrected chi connectivity index (χ0v) is 25.7. The second kappa shape index (κ2) is 10.5. The number of rotatable bonds is 4. The van der Waals surface area contributed by atoms with Crippen molar-refractivity contribution in [3.8, 4) is 39.9 Å². The Morgan fingerprint density at radius 3 is 1.73 bits per heavy atom. The van der Waals surface area contributed by atoms with Gasteiger partial charge in [0.25, 0.3) is 0 Å². The van der Waals surface area contributed by atoms with Gasteiger partial charge >= 0.3 is 0 Å². The van der Waals surface area contributed by atoms with Crippen molar-refractivity contribution in [3.05, 3.63) is 158 Å². The number of furan rings is 1. The van der Waals surface area contributed by atoms with Gasteiger partial charge in [0, 0.05) is 38.2 Å². The van der Waals surface area contributed by atoms with Gasteiger partial charge in [-0.15, -0.1) is 0 Å². The summed E-state index contributed by atoms with van der Waals surface area (Å²) in [7, 11) is 0. The van der Waals surface area contributed by atoms with Gasteiger partial charge < -0.3 is 8.98 Å². The lowest BCUT2D eigenvalue weighted by molar-refractivity contribution is 0.666. The third-order valence-electron chi connectivity index (χ3n) is 9.21. The highest BCUT2D eigenvalue weighted by Crippen LogP contribution is 2.40. The lowest BCUT2D eigenvalue weighted by Crippen LogP contribution is -2.00. The van der Waals surface area contributed by atoms with Gasteiger partial charge in [-0.2, -0.15) is 0 Å². The second-order valence-corrected chi connectivity index (χ2v) is 12.1. The standard InChI is InChI=1S/C43H26N4O/c1-3-12-27(13-4-1)41-44-42(28-14-5-2-6-15-28)46-43(45-41)31-22-23-39-35(25-31)33-19-11-21-37(40(33)48-39)47-36-20-10-9-18-32(36)34-24-29-16-7-8-17-30(29)26-38(34)47/h1-26H. The predicted molar refractivity (Wildman–Crippen MR) is 195 cm³/mol. The van der Waals surface area contributed by atoms with E-state index in [9.17, 15) is 0 Å². The van der Waals surface area contributed by atoms with Crippen LogP contribution in [0.4, 0.5) is 0 Å². The van der Waals surface area contributed by atoms with Gasteiger partial charge in [-0.25, -0.2) is 15.0 Å². The second-order valence-electron chi connectivity index (χ2n) is 12.1. The Labute approximate surface area is 275 Å². The van der Waals surface area contributed by atoms with E-state index in [0.29, 0.717) is 17.5 Å². The predicted octanol–water partition coefficient (Wildman–Crippen LogP) is 11.0.